The van der Waals surface area contributed by atoms with Crippen LogP contribution in [0, 0.1) is 5.92 Å². The summed E-state index contributed by atoms with van der Waals surface area (Å²) in [4.78, 5) is 13.9. The van der Waals surface area contributed by atoms with Gasteiger partial charge in [-0.3, -0.25) is 4.79 Å². The van der Waals surface area contributed by atoms with Gasteiger partial charge in [-0.25, -0.2) is 12.7 Å². The molecule has 0 aromatic rings. The summed E-state index contributed by atoms with van der Waals surface area (Å²) in [6.07, 6.45) is 1.82. The van der Waals surface area contributed by atoms with Crippen LogP contribution >= 0.6 is 0 Å². The summed E-state index contributed by atoms with van der Waals surface area (Å²) >= 11 is 0. The SMILES string of the molecule is CCC1(O)CN(C(=O)C2CCN(S(=O)(=O)CC)CC2)C1. The average molecular weight is 304 g/mol. The van der Waals surface area contributed by atoms with E-state index in [-0.39, 0.29) is 17.6 Å². The molecule has 7 heteroatoms. The first-order valence-electron chi connectivity index (χ1n) is 7.30. The van der Waals surface area contributed by atoms with E-state index in [1.165, 1.54) is 4.31 Å². The highest BCUT2D eigenvalue weighted by Crippen LogP contribution is 2.29. The van der Waals surface area contributed by atoms with Crippen LogP contribution in [0.5, 0.6) is 0 Å². The number of hydrogen-bond donors (Lipinski definition) is 1. The highest BCUT2D eigenvalue weighted by atomic mass is 32.2. The van der Waals surface area contributed by atoms with Crippen molar-refractivity contribution in [2.45, 2.75) is 38.7 Å². The minimum atomic E-state index is -3.14. The van der Waals surface area contributed by atoms with Crippen LogP contribution in [0.25, 0.3) is 0 Å². The number of likely N-dealkylation sites (tertiary alicyclic amines) is 1. The van der Waals surface area contributed by atoms with Gasteiger partial charge in [0, 0.05) is 19.0 Å². The number of β-amino-alcohol motifs (C(OH)–C–C–N with tert-alkyl or cyclic N) is 1. The van der Waals surface area contributed by atoms with Crippen LogP contribution in [0.3, 0.4) is 0 Å². The lowest BCUT2D eigenvalue weighted by atomic mass is 9.88. The van der Waals surface area contributed by atoms with Gasteiger partial charge in [-0.1, -0.05) is 6.92 Å². The molecule has 2 rings (SSSR count). The second-order valence-electron chi connectivity index (χ2n) is 5.85. The smallest absolute Gasteiger partial charge is 0.225 e. The molecule has 2 fully saturated rings. The van der Waals surface area contributed by atoms with Crippen molar-refractivity contribution < 1.29 is 18.3 Å². The van der Waals surface area contributed by atoms with E-state index in [9.17, 15) is 18.3 Å². The number of carbonyl (C=O) groups is 1. The van der Waals surface area contributed by atoms with Crippen molar-refractivity contribution in [3.05, 3.63) is 0 Å². The van der Waals surface area contributed by atoms with Gasteiger partial charge in [-0.15, -0.1) is 0 Å². The zero-order chi connectivity index (χ0) is 15.0. The predicted molar refractivity (Wildman–Crippen MR) is 75.6 cm³/mol. The number of sulfonamides is 1. The van der Waals surface area contributed by atoms with Gasteiger partial charge in [0.05, 0.1) is 24.4 Å². The molecule has 0 saturated carbocycles. The van der Waals surface area contributed by atoms with E-state index >= 15 is 0 Å². The average Bonchev–Trinajstić information content (AvgIpc) is 2.43. The Morgan fingerprint density at radius 1 is 1.25 bits per heavy atom. The third-order valence-electron chi connectivity index (χ3n) is 4.50. The monoisotopic (exact) mass is 304 g/mol. The molecule has 116 valence electrons. The van der Waals surface area contributed by atoms with E-state index in [1.807, 2.05) is 6.92 Å². The third-order valence-corrected chi connectivity index (χ3v) is 6.38. The highest BCUT2D eigenvalue weighted by Gasteiger charge is 2.44. The van der Waals surface area contributed by atoms with E-state index in [0.29, 0.717) is 45.4 Å². The molecule has 6 nitrogen and oxygen atoms in total. The fourth-order valence-electron chi connectivity index (χ4n) is 2.87. The molecule has 0 aliphatic carbocycles. The Bertz CT molecular complexity index is 463. The fraction of sp³-hybridized carbons (Fsp3) is 0.923. The van der Waals surface area contributed by atoms with Crippen LogP contribution in [-0.4, -0.2) is 66.2 Å². The van der Waals surface area contributed by atoms with Crippen molar-refractivity contribution in [3.63, 3.8) is 0 Å². The van der Waals surface area contributed by atoms with Crippen LogP contribution in [0.2, 0.25) is 0 Å². The molecule has 0 radical (unpaired) electrons. The van der Waals surface area contributed by atoms with E-state index < -0.39 is 15.6 Å². The second-order valence-corrected chi connectivity index (χ2v) is 8.10. The maximum Gasteiger partial charge on any atom is 0.225 e. The Labute approximate surface area is 120 Å². The van der Waals surface area contributed by atoms with Gasteiger partial charge in [-0.05, 0) is 26.2 Å². The van der Waals surface area contributed by atoms with Crippen molar-refractivity contribution in [2.24, 2.45) is 5.92 Å². The Morgan fingerprint density at radius 3 is 2.25 bits per heavy atom. The normalized spacial score (nSPS) is 24.4. The Balaban J connectivity index is 1.84. The summed E-state index contributed by atoms with van der Waals surface area (Å²) in [5, 5.41) is 9.94. The summed E-state index contributed by atoms with van der Waals surface area (Å²) in [6.45, 7) is 5.23. The molecule has 2 aliphatic rings. The zero-order valence-corrected chi connectivity index (χ0v) is 13.0. The molecule has 0 bridgehead atoms. The van der Waals surface area contributed by atoms with Gasteiger partial charge in [0.2, 0.25) is 15.9 Å². The lowest BCUT2D eigenvalue weighted by molar-refractivity contribution is -0.161. The minimum Gasteiger partial charge on any atom is -0.386 e. The van der Waals surface area contributed by atoms with Gasteiger partial charge < -0.3 is 10.0 Å². The van der Waals surface area contributed by atoms with Crippen LogP contribution < -0.4 is 0 Å². The van der Waals surface area contributed by atoms with Gasteiger partial charge in [0.1, 0.15) is 0 Å². The third kappa shape index (κ3) is 2.99. The van der Waals surface area contributed by atoms with Gasteiger partial charge in [0.25, 0.3) is 0 Å². The standard InChI is InChI=1S/C13H24N2O4S/c1-3-13(17)9-14(10-13)12(16)11-5-7-15(8-6-11)20(18,19)4-2/h11,17H,3-10H2,1-2H3. The lowest BCUT2D eigenvalue weighted by Gasteiger charge is -2.47. The van der Waals surface area contributed by atoms with E-state index in [1.54, 1.807) is 11.8 Å². The number of carbonyl (C=O) groups excluding carboxylic acids is 1. The molecule has 2 aliphatic heterocycles. The number of nitrogens with zero attached hydrogens (tertiary/aromatic N) is 2. The summed E-state index contributed by atoms with van der Waals surface area (Å²) in [7, 11) is -3.14. The quantitative estimate of drug-likeness (QED) is 0.795. The Morgan fingerprint density at radius 2 is 1.80 bits per heavy atom. The predicted octanol–water partition coefficient (Wildman–Crippen LogP) is 0.0314. The molecule has 20 heavy (non-hydrogen) atoms. The van der Waals surface area contributed by atoms with Crippen LogP contribution in [-0.2, 0) is 14.8 Å². The van der Waals surface area contributed by atoms with Gasteiger partial charge in [-0.2, -0.15) is 0 Å². The maximum absolute atomic E-state index is 12.3. The number of piperidine rings is 1. The number of amides is 1. The molecule has 0 spiro atoms. The van der Waals surface area contributed by atoms with Crippen molar-refractivity contribution in [1.29, 1.82) is 0 Å². The Hall–Kier alpha value is -0.660. The molecular formula is C13H24N2O4S. The molecule has 0 unspecified atom stereocenters. The molecule has 2 saturated heterocycles. The summed E-state index contributed by atoms with van der Waals surface area (Å²) in [6, 6.07) is 0. The first-order chi connectivity index (χ1) is 9.31. The minimum absolute atomic E-state index is 0.0664. The topological polar surface area (TPSA) is 77.9 Å². The van der Waals surface area contributed by atoms with Crippen LogP contribution in [0.1, 0.15) is 33.1 Å². The first-order valence-corrected chi connectivity index (χ1v) is 8.91. The largest absolute Gasteiger partial charge is 0.386 e. The molecule has 2 heterocycles. The van der Waals surface area contributed by atoms with Crippen molar-refractivity contribution in [2.75, 3.05) is 31.9 Å². The summed E-state index contributed by atoms with van der Waals surface area (Å²) in [5.74, 6) is 0.0812. The fourth-order valence-corrected chi connectivity index (χ4v) is 4.00. The van der Waals surface area contributed by atoms with E-state index in [4.69, 9.17) is 0 Å². The number of aliphatic hydroxyl groups is 1. The highest BCUT2D eigenvalue weighted by molar-refractivity contribution is 7.89. The number of hydrogen-bond acceptors (Lipinski definition) is 4. The van der Waals surface area contributed by atoms with Gasteiger partial charge in [0.15, 0.2) is 0 Å². The number of rotatable bonds is 4. The Kier molecular flexibility index (Phi) is 4.41. The zero-order valence-electron chi connectivity index (χ0n) is 12.2. The van der Waals surface area contributed by atoms with E-state index in [2.05, 4.69) is 0 Å². The first kappa shape index (κ1) is 15.7. The maximum atomic E-state index is 12.3. The molecule has 0 aromatic heterocycles. The molecule has 0 aromatic carbocycles. The van der Waals surface area contributed by atoms with Crippen molar-refractivity contribution >= 4 is 15.9 Å². The lowest BCUT2D eigenvalue weighted by Crippen LogP contribution is -2.64. The summed E-state index contributed by atoms with van der Waals surface area (Å²) in [5.41, 5.74) is -0.706. The van der Waals surface area contributed by atoms with Crippen molar-refractivity contribution in [3.8, 4) is 0 Å². The van der Waals surface area contributed by atoms with Gasteiger partial charge >= 0.3 is 0 Å². The molecule has 1 N–H and O–H groups in total. The van der Waals surface area contributed by atoms with Crippen LogP contribution in [0.15, 0.2) is 0 Å². The van der Waals surface area contributed by atoms with E-state index in [0.717, 1.165) is 0 Å². The molecule has 1 amide bonds. The molecule has 0 atom stereocenters. The van der Waals surface area contributed by atoms with Crippen molar-refractivity contribution in [1.82, 2.24) is 9.21 Å². The molecular weight excluding hydrogens is 280 g/mol. The van der Waals surface area contributed by atoms with Crippen LogP contribution in [0.4, 0.5) is 0 Å². The second kappa shape index (κ2) is 5.61. The summed E-state index contributed by atoms with van der Waals surface area (Å²) < 4.78 is 25.0.